The van der Waals surface area contributed by atoms with Gasteiger partial charge in [0.1, 0.15) is 0 Å². The number of hydrogen-bond donors (Lipinski definition) is 2. The minimum Gasteiger partial charge on any atom is -0.354 e. The zero-order chi connectivity index (χ0) is 14.7. The van der Waals surface area contributed by atoms with Gasteiger partial charge in [-0.3, -0.25) is 14.5 Å². The predicted octanol–water partition coefficient (Wildman–Crippen LogP) is 0.656. The Kier molecular flexibility index (Phi) is 4.20. The molecule has 21 heavy (non-hydrogen) atoms. The molecule has 3 rings (SSSR count). The first-order chi connectivity index (χ1) is 10.2. The van der Waals surface area contributed by atoms with Crippen molar-refractivity contribution in [3.05, 3.63) is 35.9 Å². The van der Waals surface area contributed by atoms with E-state index >= 15 is 0 Å². The van der Waals surface area contributed by atoms with Crippen LogP contribution in [-0.2, 0) is 16.1 Å². The highest BCUT2D eigenvalue weighted by molar-refractivity contribution is 5.79. The first kappa shape index (κ1) is 14.1. The summed E-state index contributed by atoms with van der Waals surface area (Å²) in [5.74, 6) is 0.141. The number of nitrogens with one attached hydrogen (secondary N) is 2. The third-order valence-electron chi connectivity index (χ3n) is 4.39. The van der Waals surface area contributed by atoms with Crippen LogP contribution in [0.25, 0.3) is 0 Å². The number of carbonyl (C=O) groups is 2. The van der Waals surface area contributed by atoms with Crippen LogP contribution in [0.15, 0.2) is 30.3 Å². The van der Waals surface area contributed by atoms with Crippen molar-refractivity contribution < 1.29 is 9.59 Å². The van der Waals surface area contributed by atoms with Crippen LogP contribution in [0.1, 0.15) is 24.8 Å². The van der Waals surface area contributed by atoms with Crippen molar-refractivity contribution in [2.75, 3.05) is 13.1 Å². The van der Waals surface area contributed by atoms with Crippen LogP contribution in [-0.4, -0.2) is 41.9 Å². The molecule has 2 atom stereocenters. The van der Waals surface area contributed by atoms with Crippen molar-refractivity contribution in [1.82, 2.24) is 15.5 Å². The van der Waals surface area contributed by atoms with Gasteiger partial charge < -0.3 is 10.6 Å². The van der Waals surface area contributed by atoms with Gasteiger partial charge in [0.2, 0.25) is 11.8 Å². The maximum Gasteiger partial charge on any atom is 0.234 e. The van der Waals surface area contributed by atoms with Gasteiger partial charge >= 0.3 is 0 Å². The largest absolute Gasteiger partial charge is 0.354 e. The van der Waals surface area contributed by atoms with Gasteiger partial charge in [0.15, 0.2) is 0 Å². The smallest absolute Gasteiger partial charge is 0.234 e. The molecule has 5 nitrogen and oxygen atoms in total. The van der Waals surface area contributed by atoms with Crippen LogP contribution in [0.5, 0.6) is 0 Å². The molecular formula is C16H21N3O2. The van der Waals surface area contributed by atoms with Gasteiger partial charge in [-0.05, 0) is 18.4 Å². The Morgan fingerprint density at radius 2 is 2.00 bits per heavy atom. The van der Waals surface area contributed by atoms with Gasteiger partial charge in [-0.2, -0.15) is 0 Å². The standard InChI is InChI=1S/C16H21N3O2/c20-15-8-13-6-7-14(10-18-15)19(13)11-16(21)17-9-12-4-2-1-3-5-12/h1-5,13-14H,6-11H2,(H,17,21)(H,18,20)/t13-,14+/m0/s1. The Bertz CT molecular complexity index is 518. The van der Waals surface area contributed by atoms with Gasteiger partial charge in [-0.15, -0.1) is 0 Å². The lowest BCUT2D eigenvalue weighted by Crippen LogP contribution is -2.44. The summed E-state index contributed by atoms with van der Waals surface area (Å²) in [6, 6.07) is 10.4. The second-order valence-corrected chi connectivity index (χ2v) is 5.83. The Morgan fingerprint density at radius 3 is 2.81 bits per heavy atom. The number of benzene rings is 1. The maximum absolute atomic E-state index is 12.1. The van der Waals surface area contributed by atoms with Gasteiger partial charge in [-0.25, -0.2) is 0 Å². The summed E-state index contributed by atoms with van der Waals surface area (Å²) in [4.78, 5) is 25.9. The minimum absolute atomic E-state index is 0.0325. The molecule has 0 unspecified atom stereocenters. The lowest BCUT2D eigenvalue weighted by atomic mass is 10.1. The summed E-state index contributed by atoms with van der Waals surface area (Å²) in [5, 5.41) is 5.89. The summed E-state index contributed by atoms with van der Waals surface area (Å²) < 4.78 is 0. The van der Waals surface area contributed by atoms with E-state index in [4.69, 9.17) is 0 Å². The minimum atomic E-state index is 0.0325. The number of fused-ring (bicyclic) bond motifs is 2. The summed E-state index contributed by atoms with van der Waals surface area (Å²) in [6.45, 7) is 1.61. The van der Waals surface area contributed by atoms with Crippen LogP contribution >= 0.6 is 0 Å². The van der Waals surface area contributed by atoms with Crippen molar-refractivity contribution in [3.8, 4) is 0 Å². The van der Waals surface area contributed by atoms with E-state index in [0.29, 0.717) is 32.1 Å². The summed E-state index contributed by atoms with van der Waals surface area (Å²) in [6.07, 6.45) is 2.60. The average Bonchev–Trinajstić information content (AvgIpc) is 2.77. The normalized spacial score (nSPS) is 25.2. The van der Waals surface area contributed by atoms with E-state index in [9.17, 15) is 9.59 Å². The predicted molar refractivity (Wildman–Crippen MR) is 79.4 cm³/mol. The first-order valence-corrected chi connectivity index (χ1v) is 7.55. The molecule has 0 aromatic heterocycles. The molecule has 2 aliphatic rings. The van der Waals surface area contributed by atoms with E-state index in [-0.39, 0.29) is 17.9 Å². The third kappa shape index (κ3) is 3.42. The second kappa shape index (κ2) is 6.26. The SMILES string of the molecule is O=C1C[C@@H]2CC[C@H](CN1)N2CC(=O)NCc1ccccc1. The molecule has 2 amide bonds. The molecule has 1 aromatic carbocycles. The molecule has 2 heterocycles. The number of carbonyl (C=O) groups excluding carboxylic acids is 2. The van der Waals surface area contributed by atoms with E-state index in [1.165, 1.54) is 0 Å². The number of nitrogens with zero attached hydrogens (tertiary/aromatic N) is 1. The van der Waals surface area contributed by atoms with Gasteiger partial charge in [0.05, 0.1) is 6.54 Å². The highest BCUT2D eigenvalue weighted by Crippen LogP contribution is 2.27. The first-order valence-electron chi connectivity index (χ1n) is 7.55. The quantitative estimate of drug-likeness (QED) is 0.855. The van der Waals surface area contributed by atoms with E-state index < -0.39 is 0 Å². The molecule has 2 N–H and O–H groups in total. The fourth-order valence-electron chi connectivity index (χ4n) is 3.25. The van der Waals surface area contributed by atoms with Gasteiger partial charge in [-0.1, -0.05) is 30.3 Å². The molecule has 0 radical (unpaired) electrons. The number of rotatable bonds is 4. The number of hydrogen-bond acceptors (Lipinski definition) is 3. The van der Waals surface area contributed by atoms with Crippen LogP contribution in [0.2, 0.25) is 0 Å². The molecule has 2 fully saturated rings. The van der Waals surface area contributed by atoms with E-state index in [2.05, 4.69) is 15.5 Å². The molecular weight excluding hydrogens is 266 g/mol. The van der Waals surface area contributed by atoms with Crippen LogP contribution in [0.3, 0.4) is 0 Å². The molecule has 112 valence electrons. The Labute approximate surface area is 124 Å². The molecule has 2 bridgehead atoms. The highest BCUT2D eigenvalue weighted by Gasteiger charge is 2.38. The zero-order valence-corrected chi connectivity index (χ0v) is 12.0. The lowest BCUT2D eigenvalue weighted by Gasteiger charge is -2.26. The van der Waals surface area contributed by atoms with Crippen LogP contribution < -0.4 is 10.6 Å². The highest BCUT2D eigenvalue weighted by atomic mass is 16.2. The molecule has 2 saturated heterocycles. The maximum atomic E-state index is 12.1. The van der Waals surface area contributed by atoms with Crippen LogP contribution in [0.4, 0.5) is 0 Å². The Hall–Kier alpha value is -1.88. The summed E-state index contributed by atoms with van der Waals surface area (Å²) >= 11 is 0. The molecule has 5 heteroatoms. The van der Waals surface area contributed by atoms with Crippen LogP contribution in [0, 0.1) is 0 Å². The van der Waals surface area contributed by atoms with Crippen molar-refractivity contribution in [1.29, 1.82) is 0 Å². The zero-order valence-electron chi connectivity index (χ0n) is 12.0. The fraction of sp³-hybridized carbons (Fsp3) is 0.500. The summed E-state index contributed by atoms with van der Waals surface area (Å²) in [7, 11) is 0. The third-order valence-corrected chi connectivity index (χ3v) is 4.39. The molecule has 0 spiro atoms. The molecule has 2 aliphatic heterocycles. The molecule has 0 aliphatic carbocycles. The van der Waals surface area contributed by atoms with E-state index in [1.54, 1.807) is 0 Å². The number of amides is 2. The van der Waals surface area contributed by atoms with Crippen molar-refractivity contribution in [2.45, 2.75) is 37.9 Å². The molecule has 0 saturated carbocycles. The fourth-order valence-corrected chi connectivity index (χ4v) is 3.25. The summed E-state index contributed by atoms with van der Waals surface area (Å²) in [5.41, 5.74) is 1.10. The monoisotopic (exact) mass is 287 g/mol. The van der Waals surface area contributed by atoms with Crippen molar-refractivity contribution in [2.24, 2.45) is 0 Å². The van der Waals surface area contributed by atoms with E-state index in [0.717, 1.165) is 18.4 Å². The molecule has 1 aromatic rings. The van der Waals surface area contributed by atoms with E-state index in [1.807, 2.05) is 30.3 Å². The van der Waals surface area contributed by atoms with Crippen molar-refractivity contribution >= 4 is 11.8 Å². The Morgan fingerprint density at radius 1 is 1.24 bits per heavy atom. The topological polar surface area (TPSA) is 61.4 Å². The van der Waals surface area contributed by atoms with Gasteiger partial charge in [0, 0.05) is 31.6 Å². The van der Waals surface area contributed by atoms with Gasteiger partial charge in [0.25, 0.3) is 0 Å². The van der Waals surface area contributed by atoms with Crippen molar-refractivity contribution in [3.63, 3.8) is 0 Å². The lowest BCUT2D eigenvalue weighted by molar-refractivity contribution is -0.124. The second-order valence-electron chi connectivity index (χ2n) is 5.83. The Balaban J connectivity index is 1.54. The average molecular weight is 287 g/mol.